The lowest BCUT2D eigenvalue weighted by atomic mass is 9.61. The Morgan fingerprint density at radius 1 is 0.613 bits per heavy atom. The van der Waals surface area contributed by atoms with Crippen LogP contribution in [0.3, 0.4) is 0 Å². The topological polar surface area (TPSA) is 35.0 Å². The van der Waals surface area contributed by atoms with Gasteiger partial charge in [-0.15, -0.1) is 0 Å². The third-order valence-corrected chi connectivity index (χ3v) is 14.6. The van der Waals surface area contributed by atoms with Crippen LogP contribution < -0.4 is 16.4 Å². The van der Waals surface area contributed by atoms with Gasteiger partial charge >= 0.3 is 0 Å². The van der Waals surface area contributed by atoms with Crippen molar-refractivity contribution in [2.45, 2.75) is 84.0 Å². The summed E-state index contributed by atoms with van der Waals surface area (Å²) in [7, 11) is 0.692. The Bertz CT molecular complexity index is 3380. The number of anilines is 2. The van der Waals surface area contributed by atoms with Crippen molar-refractivity contribution in [3.8, 4) is 22.5 Å². The van der Waals surface area contributed by atoms with Crippen molar-refractivity contribution in [1.82, 2.24) is 9.13 Å². The van der Waals surface area contributed by atoms with Gasteiger partial charge in [0.1, 0.15) is 5.58 Å². The maximum Gasteiger partial charge on any atom is 0.244 e. The van der Waals surface area contributed by atoms with Crippen LogP contribution in [0.25, 0.3) is 77.1 Å². The lowest BCUT2D eigenvalue weighted by molar-refractivity contribution is 0.332. The average Bonchev–Trinajstić information content (AvgIpc) is 3.94. The van der Waals surface area contributed by atoms with Gasteiger partial charge in [0, 0.05) is 43.9 Å². The van der Waals surface area contributed by atoms with E-state index in [1.807, 2.05) is 0 Å². The minimum absolute atomic E-state index is 0.0762. The highest BCUT2D eigenvalue weighted by Crippen LogP contribution is 2.49. The third-order valence-electron chi connectivity index (χ3n) is 14.6. The first-order chi connectivity index (χ1) is 30.2. The molecule has 0 saturated carbocycles. The summed E-state index contributed by atoms with van der Waals surface area (Å²) in [6.07, 6.45) is 7.19. The molecule has 0 atom stereocenters. The summed E-state index contributed by atoms with van der Waals surface area (Å²) in [4.78, 5) is 0. The molecule has 0 saturated heterocycles. The van der Waals surface area contributed by atoms with Crippen molar-refractivity contribution in [2.24, 2.45) is 0 Å². The third kappa shape index (κ3) is 5.53. The molecule has 0 amide bonds. The summed E-state index contributed by atoms with van der Waals surface area (Å²) in [5.74, 6) is 0. The van der Waals surface area contributed by atoms with E-state index < -0.39 is 0 Å². The number of hydrogen-bond donors (Lipinski definition) is 1. The second-order valence-electron chi connectivity index (χ2n) is 19.4. The molecule has 62 heavy (non-hydrogen) atoms. The predicted molar refractivity (Wildman–Crippen MR) is 265 cm³/mol. The highest BCUT2D eigenvalue weighted by atomic mass is 16.3. The number of nitrogens with one attached hydrogen (secondary N) is 1. The van der Waals surface area contributed by atoms with Gasteiger partial charge in [-0.1, -0.05) is 132 Å². The van der Waals surface area contributed by atoms with Crippen LogP contribution in [0.15, 0.2) is 144 Å². The van der Waals surface area contributed by atoms with Crippen LogP contribution >= 0.6 is 0 Å². The number of hydrogen-bond acceptors (Lipinski definition) is 2. The minimum atomic E-state index is 0.0762. The van der Waals surface area contributed by atoms with Crippen LogP contribution in [-0.4, -0.2) is 16.4 Å². The number of benzene rings is 7. The van der Waals surface area contributed by atoms with E-state index in [9.17, 15) is 0 Å². The Balaban J connectivity index is 1.17. The van der Waals surface area contributed by atoms with Gasteiger partial charge in [-0.3, -0.25) is 0 Å². The summed E-state index contributed by atoms with van der Waals surface area (Å²) in [5.41, 5.74) is 19.6. The number of furan rings is 1. The number of nitrogens with zero attached hydrogens (tertiary/aromatic N) is 2. The van der Waals surface area contributed by atoms with Gasteiger partial charge < -0.3 is 18.9 Å². The molecule has 1 aliphatic heterocycles. The van der Waals surface area contributed by atoms with Crippen molar-refractivity contribution in [2.75, 3.05) is 5.32 Å². The van der Waals surface area contributed by atoms with E-state index in [0.717, 1.165) is 29.0 Å². The molecule has 0 fully saturated rings. The molecule has 7 aromatic carbocycles. The molecule has 0 spiro atoms. The molecule has 10 aromatic rings. The van der Waals surface area contributed by atoms with Crippen molar-refractivity contribution < 1.29 is 4.42 Å². The van der Waals surface area contributed by atoms with Crippen molar-refractivity contribution in [3.63, 3.8) is 0 Å². The number of para-hydroxylation sites is 4. The first kappa shape index (κ1) is 37.3. The highest BCUT2D eigenvalue weighted by molar-refractivity contribution is 6.73. The normalized spacial score (nSPS) is 15.0. The maximum atomic E-state index is 7.16. The SMILES string of the molecule is CCCCCc1ccc(Nc2ccccc2-c2cc(-n3c4ccccc4c4ccccc43)c3c4ccccc4n4c3c2Bc2oc3cc5c(cc3c2-4)C(C)(C)CCC5(C)C)cc1. The molecule has 0 radical (unpaired) electrons. The van der Waals surface area contributed by atoms with Crippen molar-refractivity contribution in [1.29, 1.82) is 0 Å². The molecule has 4 nitrogen and oxygen atoms in total. The fourth-order valence-electron chi connectivity index (χ4n) is 11.3. The Morgan fingerprint density at radius 3 is 1.92 bits per heavy atom. The number of unbranched alkanes of at least 4 members (excludes halogenated alkanes) is 2. The van der Waals surface area contributed by atoms with E-state index in [2.05, 4.69) is 189 Å². The van der Waals surface area contributed by atoms with Gasteiger partial charge in [-0.05, 0) is 119 Å². The summed E-state index contributed by atoms with van der Waals surface area (Å²) < 4.78 is 12.3. The van der Waals surface area contributed by atoms with Crippen LogP contribution in [-0.2, 0) is 17.3 Å². The smallest absolute Gasteiger partial charge is 0.244 e. The van der Waals surface area contributed by atoms with Gasteiger partial charge in [0.25, 0.3) is 0 Å². The van der Waals surface area contributed by atoms with E-state index in [-0.39, 0.29) is 10.8 Å². The standard InChI is InChI=1S/C57H52BN3O/c1-6-7-8-17-35-26-28-36(29-27-35)59-45-22-13-9-18-37(45)41-33-49(60-46-23-14-10-19-38(46)39-20-11-15-24-47(39)60)51-40-21-12-16-25-48(40)61-53-42-32-43-44(57(4,5)31-30-56(43,2)3)34-50(42)62-55(53)58-52(41)54(51)61/h9-16,18-29,32-34,58-59H,6-8,17,30-31H2,1-5H3. The Labute approximate surface area is 364 Å². The first-order valence-corrected chi connectivity index (χ1v) is 22.8. The van der Waals surface area contributed by atoms with Crippen molar-refractivity contribution in [3.05, 3.63) is 156 Å². The molecule has 2 aliphatic rings. The Hall–Kier alpha value is -6.46. The second kappa shape index (κ2) is 13.8. The zero-order valence-electron chi connectivity index (χ0n) is 36.5. The Kier molecular flexibility index (Phi) is 8.29. The van der Waals surface area contributed by atoms with Gasteiger partial charge in [-0.2, -0.15) is 0 Å². The summed E-state index contributed by atoms with van der Waals surface area (Å²) in [6, 6.07) is 52.2. The molecule has 304 valence electrons. The first-order valence-electron chi connectivity index (χ1n) is 22.8. The maximum absolute atomic E-state index is 7.16. The molecule has 4 heterocycles. The van der Waals surface area contributed by atoms with Gasteiger partial charge in [-0.25, -0.2) is 0 Å². The molecular formula is C57H52BN3O. The van der Waals surface area contributed by atoms with E-state index in [1.54, 1.807) is 0 Å². The molecule has 0 bridgehead atoms. The van der Waals surface area contributed by atoms with Gasteiger partial charge in [0.15, 0.2) is 0 Å². The minimum Gasteiger partial charge on any atom is -0.469 e. The summed E-state index contributed by atoms with van der Waals surface area (Å²) >= 11 is 0. The molecule has 3 aromatic heterocycles. The summed E-state index contributed by atoms with van der Waals surface area (Å²) in [6.45, 7) is 11.9. The van der Waals surface area contributed by atoms with Crippen LogP contribution in [0.5, 0.6) is 0 Å². The van der Waals surface area contributed by atoms with Crippen LogP contribution in [0, 0.1) is 0 Å². The highest BCUT2D eigenvalue weighted by Gasteiger charge is 2.39. The monoisotopic (exact) mass is 805 g/mol. The van der Waals surface area contributed by atoms with E-state index in [1.165, 1.54) is 126 Å². The van der Waals surface area contributed by atoms with E-state index in [0.29, 0.717) is 7.28 Å². The molecule has 1 N–H and O–H groups in total. The van der Waals surface area contributed by atoms with Crippen LogP contribution in [0.4, 0.5) is 11.4 Å². The van der Waals surface area contributed by atoms with E-state index in [4.69, 9.17) is 4.42 Å². The number of aromatic nitrogens is 2. The summed E-state index contributed by atoms with van der Waals surface area (Å²) in [5, 5.41) is 10.1. The quantitative estimate of drug-likeness (QED) is 0.123. The lowest BCUT2D eigenvalue weighted by Gasteiger charge is -2.41. The average molecular weight is 806 g/mol. The number of rotatable bonds is 8. The molecule has 5 heteroatoms. The van der Waals surface area contributed by atoms with E-state index >= 15 is 0 Å². The fraction of sp³-hybridized carbons (Fsp3) is 0.228. The zero-order valence-corrected chi connectivity index (χ0v) is 36.5. The molecular weight excluding hydrogens is 753 g/mol. The van der Waals surface area contributed by atoms with Crippen LogP contribution in [0.2, 0.25) is 0 Å². The molecule has 0 unspecified atom stereocenters. The number of aryl methyl sites for hydroxylation is 1. The van der Waals surface area contributed by atoms with Gasteiger partial charge in [0.05, 0.1) is 39.1 Å². The zero-order chi connectivity index (χ0) is 41.9. The number of fused-ring (bicyclic) bond motifs is 11. The fourth-order valence-corrected chi connectivity index (χ4v) is 11.3. The lowest BCUT2D eigenvalue weighted by Crippen LogP contribution is -2.36. The second-order valence-corrected chi connectivity index (χ2v) is 19.4. The largest absolute Gasteiger partial charge is 0.469 e. The van der Waals surface area contributed by atoms with Gasteiger partial charge in [0.2, 0.25) is 7.28 Å². The van der Waals surface area contributed by atoms with Crippen LogP contribution in [0.1, 0.15) is 83.4 Å². The molecule has 1 aliphatic carbocycles. The predicted octanol–water partition coefficient (Wildman–Crippen LogP) is 13.8. The van der Waals surface area contributed by atoms with Crippen molar-refractivity contribution >= 4 is 84.4 Å². The Morgan fingerprint density at radius 2 is 1.23 bits per heavy atom. The molecule has 12 rings (SSSR count).